The first-order chi connectivity index (χ1) is 18.8. The summed E-state index contributed by atoms with van der Waals surface area (Å²) in [6.45, 7) is 4.10. The van der Waals surface area contributed by atoms with Crippen LogP contribution in [0.1, 0.15) is 69.4 Å². The fourth-order valence-corrected chi connectivity index (χ4v) is 4.90. The Morgan fingerprint density at radius 3 is 2.08 bits per heavy atom. The molecule has 1 aliphatic carbocycles. The molecule has 210 valence electrons. The summed E-state index contributed by atoms with van der Waals surface area (Å²) >= 11 is 0. The van der Waals surface area contributed by atoms with Gasteiger partial charge < -0.3 is 14.2 Å². The van der Waals surface area contributed by atoms with Crippen molar-refractivity contribution in [3.8, 4) is 22.6 Å². The van der Waals surface area contributed by atoms with E-state index in [4.69, 9.17) is 14.2 Å². The quantitative estimate of drug-likeness (QED) is 0.177. The second-order valence-corrected chi connectivity index (χ2v) is 9.75. The third-order valence-corrected chi connectivity index (χ3v) is 7.13. The Bertz CT molecular complexity index is 1270. The van der Waals surface area contributed by atoms with Gasteiger partial charge in [0.2, 0.25) is 11.6 Å². The maximum absolute atomic E-state index is 15.0. The Labute approximate surface area is 225 Å². The molecule has 39 heavy (non-hydrogen) atoms. The van der Waals surface area contributed by atoms with E-state index in [-0.39, 0.29) is 53.4 Å². The average Bonchev–Trinajstić information content (AvgIpc) is 2.94. The van der Waals surface area contributed by atoms with E-state index in [0.29, 0.717) is 19.4 Å². The predicted molar refractivity (Wildman–Crippen MR) is 139 cm³/mol. The topological polar surface area (TPSA) is 27.7 Å². The van der Waals surface area contributed by atoms with E-state index < -0.39 is 29.1 Å². The van der Waals surface area contributed by atoms with Crippen LogP contribution in [0.5, 0.6) is 11.5 Å². The first-order valence-corrected chi connectivity index (χ1v) is 13.5. The molecule has 0 aromatic heterocycles. The maximum atomic E-state index is 15.0. The molecule has 0 bridgehead atoms. The Morgan fingerprint density at radius 2 is 1.38 bits per heavy atom. The van der Waals surface area contributed by atoms with E-state index in [2.05, 4.69) is 0 Å². The van der Waals surface area contributed by atoms with Crippen LogP contribution in [0.2, 0.25) is 0 Å². The molecule has 3 aromatic rings. The second-order valence-electron chi connectivity index (χ2n) is 9.75. The monoisotopic (exact) mass is 548 g/mol. The lowest BCUT2D eigenvalue weighted by Gasteiger charge is -2.29. The van der Waals surface area contributed by atoms with Crippen molar-refractivity contribution < 1.29 is 36.2 Å². The van der Waals surface area contributed by atoms with E-state index in [1.807, 2.05) is 6.92 Å². The van der Waals surface area contributed by atoms with Gasteiger partial charge in [-0.1, -0.05) is 25.5 Å². The van der Waals surface area contributed by atoms with Gasteiger partial charge in [-0.3, -0.25) is 0 Å². The lowest BCUT2D eigenvalue weighted by molar-refractivity contribution is 0.0118. The molecule has 0 aliphatic heterocycles. The number of benzene rings is 3. The van der Waals surface area contributed by atoms with Crippen molar-refractivity contribution in [2.24, 2.45) is 0 Å². The predicted octanol–water partition coefficient (Wildman–Crippen LogP) is 8.87. The second kappa shape index (κ2) is 13.3. The summed E-state index contributed by atoms with van der Waals surface area (Å²) in [4.78, 5) is 0. The zero-order valence-electron chi connectivity index (χ0n) is 22.2. The van der Waals surface area contributed by atoms with Crippen molar-refractivity contribution in [1.82, 2.24) is 0 Å². The molecule has 1 fully saturated rings. The normalized spacial score (nSPS) is 17.3. The van der Waals surface area contributed by atoms with Crippen molar-refractivity contribution in [3.05, 3.63) is 82.7 Å². The van der Waals surface area contributed by atoms with E-state index in [1.165, 1.54) is 36.4 Å². The molecule has 8 heteroatoms. The molecule has 0 N–H and O–H groups in total. The van der Waals surface area contributed by atoms with Crippen LogP contribution in [0, 0.1) is 29.1 Å². The minimum absolute atomic E-state index is 0.0220. The molecule has 0 saturated heterocycles. The Hall–Kier alpha value is -3.13. The summed E-state index contributed by atoms with van der Waals surface area (Å²) in [6, 6.07) is 10.1. The van der Waals surface area contributed by atoms with Crippen molar-refractivity contribution in [3.63, 3.8) is 0 Å². The van der Waals surface area contributed by atoms with Crippen molar-refractivity contribution in [2.75, 3.05) is 13.2 Å². The van der Waals surface area contributed by atoms with Crippen LogP contribution in [0.3, 0.4) is 0 Å². The van der Waals surface area contributed by atoms with Crippen LogP contribution < -0.4 is 9.47 Å². The Morgan fingerprint density at radius 1 is 0.718 bits per heavy atom. The standard InChI is InChI=1S/C31H33F5O3/c1-3-5-16-38-27-14-9-21(28(33)30(27)35)18-39-22-10-6-19(7-11-22)20-8-12-23(25(32)17-20)24-13-15-26(37-4-2)31(36)29(24)34/h8-9,12-15,17,19,22H,3-7,10-11,16,18H2,1-2H3. The first kappa shape index (κ1) is 28.9. The minimum Gasteiger partial charge on any atom is -0.491 e. The lowest BCUT2D eigenvalue weighted by Crippen LogP contribution is -2.21. The molecule has 0 spiro atoms. The van der Waals surface area contributed by atoms with Gasteiger partial charge in [-0.15, -0.1) is 0 Å². The molecule has 1 aliphatic rings. The largest absolute Gasteiger partial charge is 0.491 e. The van der Waals surface area contributed by atoms with Crippen molar-refractivity contribution in [1.29, 1.82) is 0 Å². The van der Waals surface area contributed by atoms with Gasteiger partial charge in [-0.2, -0.15) is 8.78 Å². The van der Waals surface area contributed by atoms with Crippen molar-refractivity contribution >= 4 is 0 Å². The van der Waals surface area contributed by atoms with Crippen LogP contribution in [0.25, 0.3) is 11.1 Å². The van der Waals surface area contributed by atoms with Gasteiger partial charge in [-0.25, -0.2) is 13.2 Å². The highest BCUT2D eigenvalue weighted by Crippen LogP contribution is 2.37. The Balaban J connectivity index is 1.34. The summed E-state index contributed by atoms with van der Waals surface area (Å²) in [7, 11) is 0. The lowest BCUT2D eigenvalue weighted by atomic mass is 9.82. The Kier molecular flexibility index (Phi) is 9.83. The summed E-state index contributed by atoms with van der Waals surface area (Å²) < 4.78 is 88.9. The SMILES string of the molecule is CCCCOc1ccc(COC2CCC(c3ccc(-c4ccc(OCC)c(F)c4F)c(F)c3)CC2)c(F)c1F. The summed E-state index contributed by atoms with van der Waals surface area (Å²) in [5.74, 6) is -5.13. The van der Waals surface area contributed by atoms with Crippen LogP contribution in [0.15, 0.2) is 42.5 Å². The third kappa shape index (κ3) is 6.72. The van der Waals surface area contributed by atoms with E-state index in [0.717, 1.165) is 31.2 Å². The molecule has 3 aromatic carbocycles. The molecule has 0 heterocycles. The van der Waals surface area contributed by atoms with Gasteiger partial charge in [0.25, 0.3) is 0 Å². The molecule has 0 unspecified atom stereocenters. The first-order valence-electron chi connectivity index (χ1n) is 13.5. The smallest absolute Gasteiger partial charge is 0.201 e. The van der Waals surface area contributed by atoms with Gasteiger partial charge in [0.15, 0.2) is 23.1 Å². The van der Waals surface area contributed by atoms with Gasteiger partial charge >= 0.3 is 0 Å². The molecule has 3 nitrogen and oxygen atoms in total. The molecule has 0 amide bonds. The maximum Gasteiger partial charge on any atom is 0.201 e. The van der Waals surface area contributed by atoms with Gasteiger partial charge in [0.1, 0.15) is 5.82 Å². The number of hydrogen-bond donors (Lipinski definition) is 0. The molecular formula is C31H33F5O3. The van der Waals surface area contributed by atoms with Crippen molar-refractivity contribution in [2.45, 2.75) is 71.0 Å². The third-order valence-electron chi connectivity index (χ3n) is 7.13. The molecular weight excluding hydrogens is 515 g/mol. The zero-order chi connectivity index (χ0) is 27.9. The zero-order valence-corrected chi connectivity index (χ0v) is 22.2. The van der Waals surface area contributed by atoms with Crippen LogP contribution in [0.4, 0.5) is 22.0 Å². The highest BCUT2D eigenvalue weighted by molar-refractivity contribution is 5.66. The fourth-order valence-electron chi connectivity index (χ4n) is 4.90. The number of unbranched alkanes of at least 4 members (excludes halogenated alkanes) is 1. The van der Waals surface area contributed by atoms with Crippen LogP contribution >= 0.6 is 0 Å². The molecule has 0 atom stereocenters. The van der Waals surface area contributed by atoms with Crippen LogP contribution in [-0.2, 0) is 11.3 Å². The summed E-state index contributed by atoms with van der Waals surface area (Å²) in [6.07, 6.45) is 4.31. The average molecular weight is 549 g/mol. The summed E-state index contributed by atoms with van der Waals surface area (Å²) in [5, 5.41) is 0. The fraction of sp³-hybridized carbons (Fsp3) is 0.419. The van der Waals surface area contributed by atoms with Gasteiger partial charge in [0.05, 0.1) is 25.9 Å². The minimum atomic E-state index is -1.15. The van der Waals surface area contributed by atoms with E-state index in [9.17, 15) is 17.6 Å². The van der Waals surface area contributed by atoms with E-state index in [1.54, 1.807) is 13.0 Å². The number of hydrogen-bond acceptors (Lipinski definition) is 3. The molecule has 1 saturated carbocycles. The van der Waals surface area contributed by atoms with Crippen LogP contribution in [-0.4, -0.2) is 19.3 Å². The van der Waals surface area contributed by atoms with Gasteiger partial charge in [-0.05, 0) is 80.8 Å². The van der Waals surface area contributed by atoms with E-state index >= 15 is 4.39 Å². The van der Waals surface area contributed by atoms with Gasteiger partial charge in [0, 0.05) is 16.7 Å². The molecule has 0 radical (unpaired) electrons. The highest BCUT2D eigenvalue weighted by Gasteiger charge is 2.25. The number of rotatable bonds is 11. The highest BCUT2D eigenvalue weighted by atomic mass is 19.2. The summed E-state index contributed by atoms with van der Waals surface area (Å²) in [5.41, 5.74) is 0.717. The number of ether oxygens (including phenoxy) is 3. The number of halogens is 5. The molecule has 4 rings (SSSR count).